The van der Waals surface area contributed by atoms with Crippen LogP contribution in [0.2, 0.25) is 0 Å². The minimum absolute atomic E-state index is 0.246. The summed E-state index contributed by atoms with van der Waals surface area (Å²) in [5.41, 5.74) is 1.59. The van der Waals surface area contributed by atoms with Crippen molar-refractivity contribution in [3.8, 4) is 0 Å². The van der Waals surface area contributed by atoms with Crippen molar-refractivity contribution in [2.45, 2.75) is 19.4 Å². The van der Waals surface area contributed by atoms with Gasteiger partial charge in [0.1, 0.15) is 11.6 Å². The number of hydrogen-bond donors (Lipinski definition) is 2. The molecule has 0 saturated carbocycles. The average molecular weight is 247 g/mol. The summed E-state index contributed by atoms with van der Waals surface area (Å²) in [4.78, 5) is 22.0. The molecule has 0 bridgehead atoms. The summed E-state index contributed by atoms with van der Waals surface area (Å²) in [7, 11) is 0. The molecule has 1 heterocycles. The third-order valence-electron chi connectivity index (χ3n) is 2.63. The van der Waals surface area contributed by atoms with E-state index in [0.29, 0.717) is 0 Å². The number of aliphatic carboxylic acids is 1. The van der Waals surface area contributed by atoms with E-state index in [1.165, 1.54) is 6.92 Å². The first-order valence-corrected chi connectivity index (χ1v) is 5.52. The van der Waals surface area contributed by atoms with Crippen LogP contribution in [0.1, 0.15) is 12.5 Å². The van der Waals surface area contributed by atoms with E-state index in [-0.39, 0.29) is 12.3 Å². The van der Waals surface area contributed by atoms with Gasteiger partial charge in [-0.15, -0.1) is 0 Å². The van der Waals surface area contributed by atoms with Gasteiger partial charge >= 0.3 is 5.97 Å². The molecule has 1 atom stereocenters. The summed E-state index contributed by atoms with van der Waals surface area (Å²) in [6, 6.07) is 6.34. The van der Waals surface area contributed by atoms with Crippen LogP contribution in [-0.2, 0) is 16.0 Å². The third kappa shape index (κ3) is 2.68. The normalized spacial score (nSPS) is 12.3. The standard InChI is InChI=1S/C13H13NO4/c1-8(15)14-11(13(16)17)7-9-2-3-12-10(6-9)4-5-18-12/h2-6,11H,7H2,1H3,(H,14,15)(H,16,17)/t11-/m0/s1. The molecule has 0 unspecified atom stereocenters. The number of benzene rings is 1. The average Bonchev–Trinajstić information content (AvgIpc) is 2.74. The number of hydrogen-bond acceptors (Lipinski definition) is 3. The van der Waals surface area contributed by atoms with Crippen molar-refractivity contribution in [1.29, 1.82) is 0 Å². The van der Waals surface area contributed by atoms with Gasteiger partial charge in [0.25, 0.3) is 0 Å². The molecule has 2 aromatic rings. The van der Waals surface area contributed by atoms with Crippen molar-refractivity contribution < 1.29 is 19.1 Å². The first-order chi connectivity index (χ1) is 8.56. The SMILES string of the molecule is CC(=O)N[C@@H](Cc1ccc2occc2c1)C(=O)O. The molecule has 1 aromatic carbocycles. The second-order valence-electron chi connectivity index (χ2n) is 4.09. The van der Waals surface area contributed by atoms with Gasteiger partial charge in [-0.05, 0) is 23.8 Å². The second-order valence-corrected chi connectivity index (χ2v) is 4.09. The fourth-order valence-electron chi connectivity index (χ4n) is 1.82. The summed E-state index contributed by atoms with van der Waals surface area (Å²) in [5, 5.41) is 12.3. The van der Waals surface area contributed by atoms with E-state index in [2.05, 4.69) is 5.32 Å². The number of carbonyl (C=O) groups is 2. The van der Waals surface area contributed by atoms with E-state index < -0.39 is 12.0 Å². The van der Waals surface area contributed by atoms with Crippen LogP contribution in [0.3, 0.4) is 0 Å². The molecule has 5 nitrogen and oxygen atoms in total. The zero-order chi connectivity index (χ0) is 13.1. The number of carbonyl (C=O) groups excluding carboxylic acids is 1. The van der Waals surface area contributed by atoms with Crippen molar-refractivity contribution >= 4 is 22.8 Å². The van der Waals surface area contributed by atoms with E-state index in [0.717, 1.165) is 16.5 Å². The van der Waals surface area contributed by atoms with Crippen LogP contribution in [0.4, 0.5) is 0 Å². The van der Waals surface area contributed by atoms with Crippen molar-refractivity contribution in [2.24, 2.45) is 0 Å². The smallest absolute Gasteiger partial charge is 0.326 e. The molecule has 0 aliphatic heterocycles. The van der Waals surface area contributed by atoms with Gasteiger partial charge in [-0.3, -0.25) is 4.79 Å². The fourth-order valence-corrected chi connectivity index (χ4v) is 1.82. The summed E-state index contributed by atoms with van der Waals surface area (Å²) < 4.78 is 5.20. The molecule has 18 heavy (non-hydrogen) atoms. The summed E-state index contributed by atoms with van der Waals surface area (Å²) in [6.07, 6.45) is 1.83. The maximum Gasteiger partial charge on any atom is 0.326 e. The number of rotatable bonds is 4. The van der Waals surface area contributed by atoms with E-state index in [9.17, 15) is 9.59 Å². The Kier molecular flexibility index (Phi) is 3.32. The topological polar surface area (TPSA) is 79.5 Å². The first kappa shape index (κ1) is 12.2. The molecule has 0 saturated heterocycles. The zero-order valence-electron chi connectivity index (χ0n) is 9.84. The second kappa shape index (κ2) is 4.91. The number of furan rings is 1. The predicted octanol–water partition coefficient (Wildman–Crippen LogP) is 1.56. The number of carboxylic acid groups (broad SMARTS) is 1. The van der Waals surface area contributed by atoms with E-state index >= 15 is 0 Å². The Hall–Kier alpha value is -2.30. The Morgan fingerprint density at radius 1 is 1.39 bits per heavy atom. The lowest BCUT2D eigenvalue weighted by Crippen LogP contribution is -2.41. The van der Waals surface area contributed by atoms with E-state index in [4.69, 9.17) is 9.52 Å². The highest BCUT2D eigenvalue weighted by molar-refractivity contribution is 5.83. The quantitative estimate of drug-likeness (QED) is 0.859. The zero-order valence-corrected chi connectivity index (χ0v) is 9.84. The molecule has 0 radical (unpaired) electrons. The summed E-state index contributed by atoms with van der Waals surface area (Å²) >= 11 is 0. The van der Waals surface area contributed by atoms with E-state index in [1.54, 1.807) is 18.4 Å². The Bertz CT molecular complexity index is 587. The third-order valence-corrected chi connectivity index (χ3v) is 2.63. The largest absolute Gasteiger partial charge is 0.480 e. The van der Waals surface area contributed by atoms with Gasteiger partial charge in [-0.2, -0.15) is 0 Å². The highest BCUT2D eigenvalue weighted by Crippen LogP contribution is 2.17. The van der Waals surface area contributed by atoms with Gasteiger partial charge in [0.2, 0.25) is 5.91 Å². The van der Waals surface area contributed by atoms with Crippen molar-refractivity contribution in [1.82, 2.24) is 5.32 Å². The molecule has 1 aromatic heterocycles. The fraction of sp³-hybridized carbons (Fsp3) is 0.231. The number of fused-ring (bicyclic) bond motifs is 1. The van der Waals surface area contributed by atoms with Gasteiger partial charge in [-0.1, -0.05) is 6.07 Å². The summed E-state index contributed by atoms with van der Waals surface area (Å²) in [5.74, 6) is -1.40. The maximum absolute atomic E-state index is 11.0. The van der Waals surface area contributed by atoms with Crippen LogP contribution in [0, 0.1) is 0 Å². The number of amides is 1. The molecular weight excluding hydrogens is 234 g/mol. The van der Waals surface area contributed by atoms with Gasteiger partial charge in [0.15, 0.2) is 0 Å². The van der Waals surface area contributed by atoms with Crippen LogP contribution in [0.25, 0.3) is 11.0 Å². The van der Waals surface area contributed by atoms with Crippen molar-refractivity contribution in [3.63, 3.8) is 0 Å². The maximum atomic E-state index is 11.0. The number of nitrogens with one attached hydrogen (secondary N) is 1. The Morgan fingerprint density at radius 3 is 2.83 bits per heavy atom. The van der Waals surface area contributed by atoms with Gasteiger partial charge < -0.3 is 14.8 Å². The molecule has 0 spiro atoms. The minimum atomic E-state index is -1.04. The molecule has 0 aliphatic rings. The Labute approximate surface area is 103 Å². The highest BCUT2D eigenvalue weighted by atomic mass is 16.4. The predicted molar refractivity (Wildman–Crippen MR) is 65.2 cm³/mol. The Morgan fingerprint density at radius 2 is 2.17 bits per heavy atom. The van der Waals surface area contributed by atoms with E-state index in [1.807, 2.05) is 12.1 Å². The summed E-state index contributed by atoms with van der Waals surface area (Å²) in [6.45, 7) is 1.30. The van der Waals surface area contributed by atoms with Crippen LogP contribution >= 0.6 is 0 Å². The first-order valence-electron chi connectivity index (χ1n) is 5.52. The molecule has 0 fully saturated rings. The lowest BCUT2D eigenvalue weighted by Gasteiger charge is -2.13. The molecule has 0 aliphatic carbocycles. The molecule has 94 valence electrons. The van der Waals surface area contributed by atoms with Crippen LogP contribution < -0.4 is 5.32 Å². The molecule has 1 amide bonds. The van der Waals surface area contributed by atoms with Crippen LogP contribution in [-0.4, -0.2) is 23.0 Å². The minimum Gasteiger partial charge on any atom is -0.480 e. The van der Waals surface area contributed by atoms with Crippen LogP contribution in [0.5, 0.6) is 0 Å². The monoisotopic (exact) mass is 247 g/mol. The molecule has 5 heteroatoms. The van der Waals surface area contributed by atoms with Crippen molar-refractivity contribution in [3.05, 3.63) is 36.1 Å². The van der Waals surface area contributed by atoms with Gasteiger partial charge in [0, 0.05) is 18.7 Å². The van der Waals surface area contributed by atoms with Gasteiger partial charge in [-0.25, -0.2) is 4.79 Å². The molecular formula is C13H13NO4. The molecule has 2 N–H and O–H groups in total. The molecule has 2 rings (SSSR count). The Balaban J connectivity index is 2.19. The lowest BCUT2D eigenvalue weighted by molar-refractivity contribution is -0.141. The van der Waals surface area contributed by atoms with Crippen LogP contribution in [0.15, 0.2) is 34.9 Å². The lowest BCUT2D eigenvalue weighted by atomic mass is 10.0. The number of carboxylic acids is 1. The van der Waals surface area contributed by atoms with Crippen molar-refractivity contribution in [2.75, 3.05) is 0 Å². The highest BCUT2D eigenvalue weighted by Gasteiger charge is 2.18. The van der Waals surface area contributed by atoms with Gasteiger partial charge in [0.05, 0.1) is 6.26 Å².